The highest BCUT2D eigenvalue weighted by molar-refractivity contribution is 6.45. The third kappa shape index (κ3) is 5.89. The maximum Gasteiger partial charge on any atom is 0.273 e. The number of nitrogens with zero attached hydrogens (tertiary/aromatic N) is 1. The molecule has 0 aliphatic rings. The number of nitrogens with one attached hydrogen (secondary N) is 1. The first-order chi connectivity index (χ1) is 13.1. The second-order valence-corrected chi connectivity index (χ2v) is 6.00. The zero-order valence-electron chi connectivity index (χ0n) is 15.6. The summed E-state index contributed by atoms with van der Waals surface area (Å²) in [6, 6.07) is 12.5. The molecule has 144 valence electrons. The van der Waals surface area contributed by atoms with Gasteiger partial charge in [-0.2, -0.15) is 0 Å². The van der Waals surface area contributed by atoms with Crippen molar-refractivity contribution in [3.63, 3.8) is 0 Å². The van der Waals surface area contributed by atoms with Crippen LogP contribution in [-0.4, -0.2) is 39.0 Å². The Bertz CT molecular complexity index is 791. The summed E-state index contributed by atoms with van der Waals surface area (Å²) in [5.74, 6) is 1.01. The molecule has 0 heterocycles. The topological polar surface area (TPSA) is 69.2 Å². The number of oxime groups is 1. The molecule has 6 nitrogen and oxygen atoms in total. The summed E-state index contributed by atoms with van der Waals surface area (Å²) >= 11 is 5.91. The van der Waals surface area contributed by atoms with E-state index in [1.54, 1.807) is 45.4 Å². The number of ether oxygens (including phenoxy) is 2. The first kappa shape index (κ1) is 20.6. The molecule has 0 saturated carbocycles. The number of halogens is 1. The Morgan fingerprint density at radius 2 is 1.78 bits per heavy atom. The standard InChI is InChI=1S/C20H23ClN2O4/c1-4-27-23-19(15-6-8-16(21)9-7-15)20(24)22-12-11-14-5-10-17(25-2)18(13-14)26-3/h5-10,13H,4,11-12H2,1-3H3,(H,22,24)/b23-19+. The molecule has 0 spiro atoms. The van der Waals surface area contributed by atoms with E-state index in [0.717, 1.165) is 5.56 Å². The van der Waals surface area contributed by atoms with Gasteiger partial charge >= 0.3 is 0 Å². The van der Waals surface area contributed by atoms with Crippen molar-refractivity contribution in [2.24, 2.45) is 5.16 Å². The fraction of sp³-hybridized carbons (Fsp3) is 0.300. The highest BCUT2D eigenvalue weighted by Crippen LogP contribution is 2.27. The van der Waals surface area contributed by atoms with Crippen LogP contribution >= 0.6 is 11.6 Å². The van der Waals surface area contributed by atoms with Crippen LogP contribution in [0.2, 0.25) is 5.02 Å². The molecule has 0 atom stereocenters. The number of rotatable bonds is 9. The molecule has 2 rings (SSSR count). The summed E-state index contributed by atoms with van der Waals surface area (Å²) in [6.07, 6.45) is 0.634. The van der Waals surface area contributed by atoms with Crippen molar-refractivity contribution in [3.8, 4) is 11.5 Å². The third-order valence-electron chi connectivity index (χ3n) is 3.76. The fourth-order valence-corrected chi connectivity index (χ4v) is 2.53. The van der Waals surface area contributed by atoms with Gasteiger partial charge < -0.3 is 19.6 Å². The van der Waals surface area contributed by atoms with Crippen molar-refractivity contribution >= 4 is 23.2 Å². The summed E-state index contributed by atoms with van der Waals surface area (Å²) in [5, 5.41) is 7.39. The van der Waals surface area contributed by atoms with Gasteiger partial charge in [-0.15, -0.1) is 0 Å². The molecule has 0 unspecified atom stereocenters. The Hall–Kier alpha value is -2.73. The van der Waals surface area contributed by atoms with Crippen molar-refractivity contribution < 1.29 is 19.1 Å². The summed E-state index contributed by atoms with van der Waals surface area (Å²) in [4.78, 5) is 17.6. The number of carbonyl (C=O) groups excluding carboxylic acids is 1. The first-order valence-corrected chi connectivity index (χ1v) is 8.91. The monoisotopic (exact) mass is 390 g/mol. The van der Waals surface area contributed by atoms with Gasteiger partial charge in [0.1, 0.15) is 6.61 Å². The molecule has 1 N–H and O–H groups in total. The highest BCUT2D eigenvalue weighted by Gasteiger charge is 2.15. The maximum absolute atomic E-state index is 12.5. The van der Waals surface area contributed by atoms with Crippen LogP contribution < -0.4 is 14.8 Å². The normalized spacial score (nSPS) is 11.0. The van der Waals surface area contributed by atoms with Crippen LogP contribution in [0.15, 0.2) is 47.6 Å². The lowest BCUT2D eigenvalue weighted by atomic mass is 10.1. The Kier molecular flexibility index (Phi) is 7.95. The molecular formula is C20H23ClN2O4. The lowest BCUT2D eigenvalue weighted by Gasteiger charge is -2.11. The molecule has 0 saturated heterocycles. The Morgan fingerprint density at radius 1 is 1.07 bits per heavy atom. The van der Waals surface area contributed by atoms with Crippen LogP contribution in [0.1, 0.15) is 18.1 Å². The summed E-state index contributed by atoms with van der Waals surface area (Å²) in [5.41, 5.74) is 1.86. The van der Waals surface area contributed by atoms with E-state index < -0.39 is 0 Å². The van der Waals surface area contributed by atoms with Crippen molar-refractivity contribution in [1.82, 2.24) is 5.32 Å². The fourth-order valence-electron chi connectivity index (χ4n) is 2.40. The van der Waals surface area contributed by atoms with E-state index in [2.05, 4.69) is 10.5 Å². The molecule has 1 amide bonds. The molecule has 0 bridgehead atoms. The van der Waals surface area contributed by atoms with E-state index in [4.69, 9.17) is 25.9 Å². The molecule has 2 aromatic carbocycles. The maximum atomic E-state index is 12.5. The van der Waals surface area contributed by atoms with E-state index in [0.29, 0.717) is 41.7 Å². The quantitative estimate of drug-likeness (QED) is 0.526. The number of carbonyl (C=O) groups is 1. The predicted molar refractivity (Wildman–Crippen MR) is 106 cm³/mol. The van der Waals surface area contributed by atoms with E-state index in [-0.39, 0.29) is 11.6 Å². The minimum atomic E-state index is -0.314. The first-order valence-electron chi connectivity index (χ1n) is 8.54. The lowest BCUT2D eigenvalue weighted by Crippen LogP contribution is -2.33. The Balaban J connectivity index is 2.02. The average molecular weight is 391 g/mol. The largest absolute Gasteiger partial charge is 0.493 e. The van der Waals surface area contributed by atoms with Crippen molar-refractivity contribution in [2.75, 3.05) is 27.4 Å². The molecule has 0 fully saturated rings. The van der Waals surface area contributed by atoms with Gasteiger partial charge in [0, 0.05) is 17.1 Å². The van der Waals surface area contributed by atoms with Gasteiger partial charge in [-0.05, 0) is 43.2 Å². The van der Waals surface area contributed by atoms with Crippen molar-refractivity contribution in [2.45, 2.75) is 13.3 Å². The third-order valence-corrected chi connectivity index (χ3v) is 4.02. The molecule has 27 heavy (non-hydrogen) atoms. The van der Waals surface area contributed by atoms with Crippen LogP contribution in [0.3, 0.4) is 0 Å². The summed E-state index contributed by atoms with van der Waals surface area (Å²) < 4.78 is 10.5. The Morgan fingerprint density at radius 3 is 2.41 bits per heavy atom. The Labute approximate surface area is 164 Å². The molecule has 0 aliphatic heterocycles. The molecule has 0 aliphatic carbocycles. The molecule has 0 aromatic heterocycles. The SMILES string of the molecule is CCO/N=C(/C(=O)NCCc1ccc(OC)c(OC)c1)c1ccc(Cl)cc1. The zero-order chi connectivity index (χ0) is 19.6. The number of hydrogen-bond acceptors (Lipinski definition) is 5. The minimum Gasteiger partial charge on any atom is -0.493 e. The van der Waals surface area contributed by atoms with Gasteiger partial charge in [-0.3, -0.25) is 4.79 Å². The molecule has 2 aromatic rings. The van der Waals surface area contributed by atoms with Gasteiger partial charge in [0.05, 0.1) is 14.2 Å². The molecule has 0 radical (unpaired) electrons. The van der Waals surface area contributed by atoms with Gasteiger partial charge in [-0.1, -0.05) is 35.0 Å². The van der Waals surface area contributed by atoms with Gasteiger partial charge in [0.15, 0.2) is 17.2 Å². The van der Waals surface area contributed by atoms with E-state index in [1.165, 1.54) is 0 Å². The molecular weight excluding hydrogens is 368 g/mol. The van der Waals surface area contributed by atoms with Crippen LogP contribution in [0.25, 0.3) is 0 Å². The van der Waals surface area contributed by atoms with E-state index in [9.17, 15) is 4.79 Å². The minimum absolute atomic E-state index is 0.209. The van der Waals surface area contributed by atoms with Crippen LogP contribution in [0.4, 0.5) is 0 Å². The van der Waals surface area contributed by atoms with E-state index in [1.807, 2.05) is 18.2 Å². The van der Waals surface area contributed by atoms with Crippen LogP contribution in [0, 0.1) is 0 Å². The van der Waals surface area contributed by atoms with Crippen LogP contribution in [-0.2, 0) is 16.1 Å². The smallest absolute Gasteiger partial charge is 0.273 e. The van der Waals surface area contributed by atoms with Crippen LogP contribution in [0.5, 0.6) is 11.5 Å². The second-order valence-electron chi connectivity index (χ2n) is 5.56. The van der Waals surface area contributed by atoms with Gasteiger partial charge in [-0.25, -0.2) is 0 Å². The van der Waals surface area contributed by atoms with Crippen molar-refractivity contribution in [1.29, 1.82) is 0 Å². The molecule has 7 heteroatoms. The second kappa shape index (κ2) is 10.4. The summed E-state index contributed by atoms with van der Waals surface area (Å²) in [6.45, 7) is 2.61. The summed E-state index contributed by atoms with van der Waals surface area (Å²) in [7, 11) is 3.18. The zero-order valence-corrected chi connectivity index (χ0v) is 16.4. The number of benzene rings is 2. The number of hydrogen-bond donors (Lipinski definition) is 1. The average Bonchev–Trinajstić information content (AvgIpc) is 2.69. The van der Waals surface area contributed by atoms with Gasteiger partial charge in [0.2, 0.25) is 0 Å². The lowest BCUT2D eigenvalue weighted by molar-refractivity contribution is -0.114. The van der Waals surface area contributed by atoms with Crippen molar-refractivity contribution in [3.05, 3.63) is 58.6 Å². The highest BCUT2D eigenvalue weighted by atomic mass is 35.5. The predicted octanol–water partition coefficient (Wildman–Crippen LogP) is 3.46. The van der Waals surface area contributed by atoms with E-state index >= 15 is 0 Å². The van der Waals surface area contributed by atoms with Gasteiger partial charge in [0.25, 0.3) is 5.91 Å². The number of methoxy groups -OCH3 is 2. The number of amides is 1.